The van der Waals surface area contributed by atoms with Gasteiger partial charge in [0.15, 0.2) is 6.61 Å². The van der Waals surface area contributed by atoms with Crippen LogP contribution in [0.15, 0.2) is 41.9 Å². The summed E-state index contributed by atoms with van der Waals surface area (Å²) in [6, 6.07) is 9.46. The molecule has 1 amide bonds. The van der Waals surface area contributed by atoms with Gasteiger partial charge in [-0.15, -0.1) is 11.3 Å². The molecule has 1 fully saturated rings. The van der Waals surface area contributed by atoms with E-state index in [1.54, 1.807) is 11.3 Å². The number of rotatable bonds is 4. The van der Waals surface area contributed by atoms with Crippen LogP contribution in [0.4, 0.5) is 0 Å². The summed E-state index contributed by atoms with van der Waals surface area (Å²) >= 11 is 1.71. The Bertz CT molecular complexity index is 563. The van der Waals surface area contributed by atoms with E-state index in [1.165, 1.54) is 5.01 Å². The minimum atomic E-state index is 0.0661. The fraction of sp³-hybridized carbons (Fsp3) is 0.375. The second-order valence-electron chi connectivity index (χ2n) is 5.13. The molecule has 0 spiro atoms. The summed E-state index contributed by atoms with van der Waals surface area (Å²) in [7, 11) is 0. The molecule has 1 aromatic heterocycles. The molecule has 4 nitrogen and oxygen atoms in total. The summed E-state index contributed by atoms with van der Waals surface area (Å²) in [6.45, 7) is 1.70. The molecule has 0 radical (unpaired) electrons. The monoisotopic (exact) mass is 302 g/mol. The topological polar surface area (TPSA) is 42.4 Å². The summed E-state index contributed by atoms with van der Waals surface area (Å²) in [5.74, 6) is 1.31. The third-order valence-electron chi connectivity index (χ3n) is 3.75. The standard InChI is InChI=1S/C16H18N2O2S/c19-15(12-20-14-4-2-1-3-5-14)18-9-6-13(7-10-18)16-17-8-11-21-16/h1-5,8,11,13H,6-7,9-10,12H2. The van der Waals surface area contributed by atoms with Gasteiger partial charge in [-0.2, -0.15) is 0 Å². The van der Waals surface area contributed by atoms with Crippen LogP contribution < -0.4 is 4.74 Å². The van der Waals surface area contributed by atoms with Crippen molar-refractivity contribution in [3.8, 4) is 5.75 Å². The second kappa shape index (κ2) is 6.72. The SMILES string of the molecule is O=C(COc1ccccc1)N1CCC(c2nccs2)CC1. The molecule has 1 aromatic carbocycles. The highest BCUT2D eigenvalue weighted by atomic mass is 32.1. The Morgan fingerprint density at radius 2 is 2.05 bits per heavy atom. The summed E-state index contributed by atoms with van der Waals surface area (Å²) in [6.07, 6.45) is 3.83. The molecule has 0 aliphatic carbocycles. The molecule has 5 heteroatoms. The maximum atomic E-state index is 12.2. The fourth-order valence-electron chi connectivity index (χ4n) is 2.57. The average Bonchev–Trinajstić information content (AvgIpc) is 3.08. The molecule has 1 aliphatic rings. The van der Waals surface area contributed by atoms with Crippen molar-refractivity contribution in [2.24, 2.45) is 0 Å². The lowest BCUT2D eigenvalue weighted by atomic mass is 9.97. The first-order chi connectivity index (χ1) is 10.3. The molecule has 0 bridgehead atoms. The molecule has 110 valence electrons. The highest BCUT2D eigenvalue weighted by Gasteiger charge is 2.25. The molecule has 2 aromatic rings. The van der Waals surface area contributed by atoms with Gasteiger partial charge < -0.3 is 9.64 Å². The lowest BCUT2D eigenvalue weighted by molar-refractivity contribution is -0.134. The van der Waals surface area contributed by atoms with E-state index in [1.807, 2.05) is 46.8 Å². The van der Waals surface area contributed by atoms with Gasteiger partial charge in [-0.25, -0.2) is 4.98 Å². The van der Waals surface area contributed by atoms with Gasteiger partial charge in [0.25, 0.3) is 5.91 Å². The predicted octanol–water partition coefficient (Wildman–Crippen LogP) is 2.93. The molecule has 1 saturated heterocycles. The largest absolute Gasteiger partial charge is 0.484 e. The van der Waals surface area contributed by atoms with E-state index in [0.29, 0.717) is 5.92 Å². The average molecular weight is 302 g/mol. The summed E-state index contributed by atoms with van der Waals surface area (Å²) in [5.41, 5.74) is 0. The van der Waals surface area contributed by atoms with Crippen molar-refractivity contribution in [2.45, 2.75) is 18.8 Å². The molecular formula is C16H18N2O2S. The normalized spacial score (nSPS) is 15.9. The quantitative estimate of drug-likeness (QED) is 0.872. The highest BCUT2D eigenvalue weighted by molar-refractivity contribution is 7.09. The number of carbonyl (C=O) groups is 1. The zero-order chi connectivity index (χ0) is 14.5. The zero-order valence-corrected chi connectivity index (χ0v) is 12.6. The van der Waals surface area contributed by atoms with E-state index in [4.69, 9.17) is 4.74 Å². The maximum absolute atomic E-state index is 12.2. The van der Waals surface area contributed by atoms with Crippen molar-refractivity contribution in [3.63, 3.8) is 0 Å². The Labute approximate surface area is 128 Å². The van der Waals surface area contributed by atoms with E-state index >= 15 is 0 Å². The Hall–Kier alpha value is -1.88. The second-order valence-corrected chi connectivity index (χ2v) is 6.05. The summed E-state index contributed by atoms with van der Waals surface area (Å²) in [4.78, 5) is 18.4. The van der Waals surface area contributed by atoms with E-state index in [9.17, 15) is 4.79 Å². The van der Waals surface area contributed by atoms with Crippen molar-refractivity contribution in [1.29, 1.82) is 0 Å². The van der Waals surface area contributed by atoms with Crippen LogP contribution in [0.3, 0.4) is 0 Å². The Morgan fingerprint density at radius 1 is 1.29 bits per heavy atom. The zero-order valence-electron chi connectivity index (χ0n) is 11.8. The van der Waals surface area contributed by atoms with Crippen molar-refractivity contribution < 1.29 is 9.53 Å². The number of para-hydroxylation sites is 1. The van der Waals surface area contributed by atoms with E-state index < -0.39 is 0 Å². The summed E-state index contributed by atoms with van der Waals surface area (Å²) < 4.78 is 5.52. The van der Waals surface area contributed by atoms with Crippen LogP contribution in [-0.4, -0.2) is 35.5 Å². The van der Waals surface area contributed by atoms with E-state index in [2.05, 4.69) is 4.98 Å². The molecule has 0 atom stereocenters. The highest BCUT2D eigenvalue weighted by Crippen LogP contribution is 2.29. The minimum Gasteiger partial charge on any atom is -0.484 e. The number of hydrogen-bond donors (Lipinski definition) is 0. The van der Waals surface area contributed by atoms with Gasteiger partial charge in [0.1, 0.15) is 5.75 Å². The van der Waals surface area contributed by atoms with Crippen LogP contribution in [0, 0.1) is 0 Å². The van der Waals surface area contributed by atoms with Crippen molar-refractivity contribution >= 4 is 17.2 Å². The number of carbonyl (C=O) groups excluding carboxylic acids is 1. The van der Waals surface area contributed by atoms with E-state index in [0.717, 1.165) is 31.7 Å². The van der Waals surface area contributed by atoms with Crippen molar-refractivity contribution in [2.75, 3.05) is 19.7 Å². The lowest BCUT2D eigenvalue weighted by Crippen LogP contribution is -2.40. The van der Waals surface area contributed by atoms with Gasteiger partial charge in [0.05, 0.1) is 5.01 Å². The van der Waals surface area contributed by atoms with Crippen LogP contribution >= 0.6 is 11.3 Å². The van der Waals surface area contributed by atoms with Crippen molar-refractivity contribution in [3.05, 3.63) is 46.9 Å². The molecule has 0 saturated carbocycles. The third kappa shape index (κ3) is 3.61. The van der Waals surface area contributed by atoms with Gasteiger partial charge in [0, 0.05) is 30.6 Å². The molecule has 1 aliphatic heterocycles. The molecule has 21 heavy (non-hydrogen) atoms. The first-order valence-corrected chi connectivity index (χ1v) is 8.06. The number of thiazole rings is 1. The Morgan fingerprint density at radius 3 is 2.71 bits per heavy atom. The van der Waals surface area contributed by atoms with E-state index in [-0.39, 0.29) is 12.5 Å². The Balaban J connectivity index is 1.47. The Kier molecular flexibility index (Phi) is 4.50. The lowest BCUT2D eigenvalue weighted by Gasteiger charge is -2.31. The number of hydrogen-bond acceptors (Lipinski definition) is 4. The number of nitrogens with zero attached hydrogens (tertiary/aromatic N) is 2. The van der Waals surface area contributed by atoms with Crippen LogP contribution in [-0.2, 0) is 4.79 Å². The van der Waals surface area contributed by atoms with Crippen LogP contribution in [0.25, 0.3) is 0 Å². The first kappa shape index (κ1) is 14.1. The number of benzene rings is 1. The number of aromatic nitrogens is 1. The van der Waals surface area contributed by atoms with Gasteiger partial charge in [-0.1, -0.05) is 18.2 Å². The van der Waals surface area contributed by atoms with Gasteiger partial charge in [0.2, 0.25) is 0 Å². The van der Waals surface area contributed by atoms with Gasteiger partial charge in [-0.3, -0.25) is 4.79 Å². The predicted molar refractivity (Wildman–Crippen MR) is 82.6 cm³/mol. The number of amides is 1. The van der Waals surface area contributed by atoms with Gasteiger partial charge in [-0.05, 0) is 25.0 Å². The number of ether oxygens (including phenoxy) is 1. The molecule has 0 unspecified atom stereocenters. The minimum absolute atomic E-state index is 0.0661. The smallest absolute Gasteiger partial charge is 0.260 e. The first-order valence-electron chi connectivity index (χ1n) is 7.18. The molecule has 0 N–H and O–H groups in total. The van der Waals surface area contributed by atoms with Crippen molar-refractivity contribution in [1.82, 2.24) is 9.88 Å². The van der Waals surface area contributed by atoms with Gasteiger partial charge >= 0.3 is 0 Å². The number of likely N-dealkylation sites (tertiary alicyclic amines) is 1. The van der Waals surface area contributed by atoms with Crippen LogP contribution in [0.5, 0.6) is 5.75 Å². The summed E-state index contributed by atoms with van der Waals surface area (Å²) in [5, 5.41) is 3.21. The van der Waals surface area contributed by atoms with Crippen LogP contribution in [0.1, 0.15) is 23.8 Å². The third-order valence-corrected chi connectivity index (χ3v) is 4.69. The molecule has 2 heterocycles. The maximum Gasteiger partial charge on any atom is 0.260 e. The van der Waals surface area contributed by atoms with Crippen LogP contribution in [0.2, 0.25) is 0 Å². The number of piperidine rings is 1. The fourth-order valence-corrected chi connectivity index (χ4v) is 3.38. The molecular weight excluding hydrogens is 284 g/mol. The molecule has 3 rings (SSSR count).